The van der Waals surface area contributed by atoms with Crippen LogP contribution in [0.2, 0.25) is 0 Å². The van der Waals surface area contributed by atoms with Gasteiger partial charge in [0.15, 0.2) is 0 Å². The number of rotatable bonds is 6. The molecule has 3 rings (SSSR count). The number of piperidine rings is 1. The Balaban J connectivity index is 1.59. The van der Waals surface area contributed by atoms with Crippen molar-refractivity contribution in [3.05, 3.63) is 48.2 Å². The fraction of sp³-hybridized carbons (Fsp3) is 0.500. The van der Waals surface area contributed by atoms with Crippen LogP contribution in [0.5, 0.6) is 0 Å². The van der Waals surface area contributed by atoms with Crippen LogP contribution in [-0.2, 0) is 6.42 Å². The van der Waals surface area contributed by atoms with E-state index in [1.807, 2.05) is 12.3 Å². The van der Waals surface area contributed by atoms with Crippen molar-refractivity contribution < 1.29 is 0 Å². The molecular formula is C20H28N4. The number of benzene rings is 1. The van der Waals surface area contributed by atoms with Gasteiger partial charge in [-0.25, -0.2) is 4.98 Å². The van der Waals surface area contributed by atoms with Gasteiger partial charge < -0.3 is 9.80 Å². The molecule has 0 bridgehead atoms. The number of anilines is 2. The summed E-state index contributed by atoms with van der Waals surface area (Å²) in [6.45, 7) is 8.36. The summed E-state index contributed by atoms with van der Waals surface area (Å²) in [5.74, 6) is 2.71. The van der Waals surface area contributed by atoms with Gasteiger partial charge in [-0.05, 0) is 50.7 Å². The molecule has 0 N–H and O–H groups in total. The molecule has 1 saturated heterocycles. The first kappa shape index (κ1) is 16.7. The van der Waals surface area contributed by atoms with E-state index >= 15 is 0 Å². The maximum absolute atomic E-state index is 4.79. The molecule has 1 aromatic carbocycles. The molecule has 0 amide bonds. The molecular weight excluding hydrogens is 296 g/mol. The fourth-order valence-corrected chi connectivity index (χ4v) is 3.49. The number of hydrogen-bond acceptors (Lipinski definition) is 4. The van der Waals surface area contributed by atoms with Crippen molar-refractivity contribution in [1.29, 1.82) is 0 Å². The minimum Gasteiger partial charge on any atom is -0.356 e. The third-order valence-corrected chi connectivity index (χ3v) is 4.98. The zero-order valence-corrected chi connectivity index (χ0v) is 14.9. The smallest absolute Gasteiger partial charge is 0.227 e. The minimum absolute atomic E-state index is 0.785. The molecule has 128 valence electrons. The molecule has 2 aromatic rings. The zero-order valence-electron chi connectivity index (χ0n) is 14.9. The van der Waals surface area contributed by atoms with Crippen LogP contribution < -0.4 is 9.80 Å². The Morgan fingerprint density at radius 2 is 1.75 bits per heavy atom. The van der Waals surface area contributed by atoms with E-state index in [9.17, 15) is 0 Å². The Hall–Kier alpha value is -2.10. The monoisotopic (exact) mass is 324 g/mol. The first-order chi connectivity index (χ1) is 11.8. The van der Waals surface area contributed by atoms with Crippen LogP contribution in [0.4, 0.5) is 11.8 Å². The average Bonchev–Trinajstić information content (AvgIpc) is 2.65. The first-order valence-corrected chi connectivity index (χ1v) is 9.17. The average molecular weight is 324 g/mol. The van der Waals surface area contributed by atoms with Crippen LogP contribution in [0.15, 0.2) is 42.6 Å². The van der Waals surface area contributed by atoms with E-state index in [4.69, 9.17) is 4.98 Å². The van der Waals surface area contributed by atoms with Gasteiger partial charge in [0, 0.05) is 32.4 Å². The van der Waals surface area contributed by atoms with Crippen LogP contribution in [0.25, 0.3) is 0 Å². The molecule has 0 atom stereocenters. The van der Waals surface area contributed by atoms with Crippen molar-refractivity contribution in [3.8, 4) is 0 Å². The molecule has 1 aliphatic heterocycles. The summed E-state index contributed by atoms with van der Waals surface area (Å²) in [5, 5.41) is 0. The number of aromatic nitrogens is 2. The fourth-order valence-electron chi connectivity index (χ4n) is 3.49. The standard InChI is InChI=1S/C20H28N4/c1-3-23(4-2)20-21-13-10-19(22-20)24-14-11-18(12-15-24)16-17-8-6-5-7-9-17/h5-10,13,18H,3-4,11-12,14-16H2,1-2H3. The van der Waals surface area contributed by atoms with Crippen LogP contribution >= 0.6 is 0 Å². The van der Waals surface area contributed by atoms with E-state index in [1.54, 1.807) is 0 Å². The van der Waals surface area contributed by atoms with E-state index in [0.29, 0.717) is 0 Å². The van der Waals surface area contributed by atoms with Gasteiger partial charge in [-0.15, -0.1) is 0 Å². The predicted molar refractivity (Wildman–Crippen MR) is 101 cm³/mol. The summed E-state index contributed by atoms with van der Waals surface area (Å²) in [6.07, 6.45) is 5.56. The first-order valence-electron chi connectivity index (χ1n) is 9.17. The highest BCUT2D eigenvalue weighted by Gasteiger charge is 2.21. The quantitative estimate of drug-likeness (QED) is 0.809. The summed E-state index contributed by atoms with van der Waals surface area (Å²) in [7, 11) is 0. The Labute approximate surface area is 145 Å². The van der Waals surface area contributed by atoms with Gasteiger partial charge in [0.25, 0.3) is 0 Å². The van der Waals surface area contributed by atoms with Crippen molar-refractivity contribution in [3.63, 3.8) is 0 Å². The van der Waals surface area contributed by atoms with Crippen molar-refractivity contribution in [1.82, 2.24) is 9.97 Å². The zero-order chi connectivity index (χ0) is 16.8. The van der Waals surface area contributed by atoms with Gasteiger partial charge in [-0.3, -0.25) is 0 Å². The van der Waals surface area contributed by atoms with Gasteiger partial charge in [-0.2, -0.15) is 4.98 Å². The molecule has 4 heteroatoms. The van der Waals surface area contributed by atoms with E-state index in [1.165, 1.54) is 24.8 Å². The molecule has 1 aromatic heterocycles. The van der Waals surface area contributed by atoms with Gasteiger partial charge >= 0.3 is 0 Å². The number of hydrogen-bond donors (Lipinski definition) is 0. The van der Waals surface area contributed by atoms with E-state index in [-0.39, 0.29) is 0 Å². The predicted octanol–water partition coefficient (Wildman–Crippen LogP) is 3.78. The van der Waals surface area contributed by atoms with Gasteiger partial charge in [-0.1, -0.05) is 30.3 Å². The van der Waals surface area contributed by atoms with E-state index < -0.39 is 0 Å². The molecule has 1 aliphatic rings. The minimum atomic E-state index is 0.785. The normalized spacial score (nSPS) is 15.5. The van der Waals surface area contributed by atoms with Crippen LogP contribution in [0.1, 0.15) is 32.3 Å². The van der Waals surface area contributed by atoms with Gasteiger partial charge in [0.2, 0.25) is 5.95 Å². The van der Waals surface area contributed by atoms with Crippen molar-refractivity contribution in [2.24, 2.45) is 5.92 Å². The Kier molecular flexibility index (Phi) is 5.68. The molecule has 24 heavy (non-hydrogen) atoms. The lowest BCUT2D eigenvalue weighted by Crippen LogP contribution is -2.35. The summed E-state index contributed by atoms with van der Waals surface area (Å²) in [4.78, 5) is 13.8. The van der Waals surface area contributed by atoms with Crippen LogP contribution in [-0.4, -0.2) is 36.1 Å². The molecule has 2 heterocycles. The maximum atomic E-state index is 4.79. The topological polar surface area (TPSA) is 32.3 Å². The molecule has 0 saturated carbocycles. The number of nitrogens with zero attached hydrogens (tertiary/aromatic N) is 4. The SMILES string of the molecule is CCN(CC)c1nccc(N2CCC(Cc3ccccc3)CC2)n1. The second-order valence-electron chi connectivity index (χ2n) is 6.51. The molecule has 4 nitrogen and oxygen atoms in total. The molecule has 0 unspecified atom stereocenters. The third-order valence-electron chi connectivity index (χ3n) is 4.98. The molecule has 1 fully saturated rings. The van der Waals surface area contributed by atoms with Gasteiger partial charge in [0.05, 0.1) is 0 Å². The molecule has 0 aliphatic carbocycles. The Morgan fingerprint density at radius 1 is 1.04 bits per heavy atom. The van der Waals surface area contributed by atoms with Crippen molar-refractivity contribution >= 4 is 11.8 Å². The molecule has 0 radical (unpaired) electrons. The largest absolute Gasteiger partial charge is 0.356 e. The highest BCUT2D eigenvalue weighted by molar-refractivity contribution is 5.44. The van der Waals surface area contributed by atoms with Gasteiger partial charge in [0.1, 0.15) is 5.82 Å². The van der Waals surface area contributed by atoms with Crippen LogP contribution in [0, 0.1) is 5.92 Å². The Morgan fingerprint density at radius 3 is 2.42 bits per heavy atom. The van der Waals surface area contributed by atoms with E-state index in [0.717, 1.165) is 43.9 Å². The Bertz CT molecular complexity index is 617. The third kappa shape index (κ3) is 4.05. The summed E-state index contributed by atoms with van der Waals surface area (Å²) < 4.78 is 0. The highest BCUT2D eigenvalue weighted by Crippen LogP contribution is 2.25. The second kappa shape index (κ2) is 8.13. The maximum Gasteiger partial charge on any atom is 0.227 e. The van der Waals surface area contributed by atoms with Crippen LogP contribution in [0.3, 0.4) is 0 Å². The summed E-state index contributed by atoms with van der Waals surface area (Å²) in [6, 6.07) is 12.9. The molecule has 0 spiro atoms. The van der Waals surface area contributed by atoms with Crippen molar-refractivity contribution in [2.45, 2.75) is 33.1 Å². The summed E-state index contributed by atoms with van der Waals surface area (Å²) >= 11 is 0. The summed E-state index contributed by atoms with van der Waals surface area (Å²) in [5.41, 5.74) is 1.46. The van der Waals surface area contributed by atoms with E-state index in [2.05, 4.69) is 59.0 Å². The second-order valence-corrected chi connectivity index (χ2v) is 6.51. The highest BCUT2D eigenvalue weighted by atomic mass is 15.3. The lowest BCUT2D eigenvalue weighted by molar-refractivity contribution is 0.402. The lowest BCUT2D eigenvalue weighted by atomic mass is 9.90. The van der Waals surface area contributed by atoms with Crippen molar-refractivity contribution in [2.75, 3.05) is 36.0 Å². The lowest BCUT2D eigenvalue weighted by Gasteiger charge is -2.33.